The highest BCUT2D eigenvalue weighted by atomic mass is 32.2. The zero-order valence-corrected chi connectivity index (χ0v) is 11.8. The minimum absolute atomic E-state index is 0.000265. The summed E-state index contributed by atoms with van der Waals surface area (Å²) in [6, 6.07) is 0.450. The summed E-state index contributed by atoms with van der Waals surface area (Å²) in [4.78, 5) is 2.15. The molecule has 1 rings (SSSR count). The average molecular weight is 275 g/mol. The highest BCUT2D eigenvalue weighted by molar-refractivity contribution is 7.89. The quantitative estimate of drug-likeness (QED) is 0.608. The largest absolute Gasteiger partial charge is 0.383 e. The molecule has 0 aliphatic carbocycles. The lowest BCUT2D eigenvalue weighted by Gasteiger charge is -2.20. The zero-order valence-electron chi connectivity index (χ0n) is 11.0. The third-order valence-corrected chi connectivity index (χ3v) is 4.27. The molecule has 0 radical (unpaired) electrons. The van der Waals surface area contributed by atoms with Crippen LogP contribution in [0.25, 0.3) is 0 Å². The van der Waals surface area contributed by atoms with E-state index in [0.717, 1.165) is 13.0 Å². The van der Waals surface area contributed by atoms with Crippen molar-refractivity contribution in [1.82, 2.24) is 19.8 Å². The van der Waals surface area contributed by atoms with E-state index in [1.54, 1.807) is 0 Å². The molecule has 18 heavy (non-hydrogen) atoms. The SMILES string of the molecule is CC(C)N(C)CCCNS(=O)(=O)c1cn[nH]c1N. The molecule has 0 spiro atoms. The Bertz CT molecular complexity index is 468. The molecule has 1 heterocycles. The fraction of sp³-hybridized carbons (Fsp3) is 0.700. The molecule has 0 aliphatic rings. The second-order valence-corrected chi connectivity index (χ2v) is 6.21. The molecule has 1 aromatic rings. The lowest BCUT2D eigenvalue weighted by atomic mass is 10.3. The first-order chi connectivity index (χ1) is 8.34. The van der Waals surface area contributed by atoms with Crippen LogP contribution in [-0.4, -0.2) is 49.7 Å². The number of aromatic amines is 1. The summed E-state index contributed by atoms with van der Waals surface area (Å²) in [7, 11) is -1.55. The smallest absolute Gasteiger partial charge is 0.245 e. The lowest BCUT2D eigenvalue weighted by Crippen LogP contribution is -2.31. The van der Waals surface area contributed by atoms with Crippen molar-refractivity contribution in [3.63, 3.8) is 0 Å². The van der Waals surface area contributed by atoms with Crippen LogP contribution < -0.4 is 10.5 Å². The highest BCUT2D eigenvalue weighted by Crippen LogP contribution is 2.13. The number of nitrogen functional groups attached to an aromatic ring is 1. The van der Waals surface area contributed by atoms with E-state index in [0.29, 0.717) is 12.6 Å². The molecular formula is C10H21N5O2S. The van der Waals surface area contributed by atoms with Gasteiger partial charge in [-0.05, 0) is 33.9 Å². The molecule has 8 heteroatoms. The molecule has 0 saturated heterocycles. The number of nitrogens with zero attached hydrogens (tertiary/aromatic N) is 2. The Balaban J connectivity index is 2.42. The van der Waals surface area contributed by atoms with Gasteiger partial charge in [0, 0.05) is 12.6 Å². The van der Waals surface area contributed by atoms with E-state index in [4.69, 9.17) is 5.73 Å². The van der Waals surface area contributed by atoms with Crippen molar-refractivity contribution in [3.05, 3.63) is 6.20 Å². The van der Waals surface area contributed by atoms with Gasteiger partial charge in [-0.15, -0.1) is 0 Å². The van der Waals surface area contributed by atoms with Gasteiger partial charge < -0.3 is 10.6 Å². The van der Waals surface area contributed by atoms with Crippen molar-refractivity contribution in [2.24, 2.45) is 0 Å². The van der Waals surface area contributed by atoms with E-state index in [-0.39, 0.29) is 10.7 Å². The highest BCUT2D eigenvalue weighted by Gasteiger charge is 2.18. The van der Waals surface area contributed by atoms with Crippen LogP contribution in [0.5, 0.6) is 0 Å². The number of rotatable bonds is 7. The van der Waals surface area contributed by atoms with E-state index < -0.39 is 10.0 Å². The third kappa shape index (κ3) is 3.97. The summed E-state index contributed by atoms with van der Waals surface area (Å²) in [6.07, 6.45) is 1.95. The molecular weight excluding hydrogens is 254 g/mol. The van der Waals surface area contributed by atoms with Crippen molar-refractivity contribution < 1.29 is 8.42 Å². The second kappa shape index (κ2) is 6.17. The number of anilines is 1. The van der Waals surface area contributed by atoms with Crippen LogP contribution in [0.1, 0.15) is 20.3 Å². The Morgan fingerprint density at radius 2 is 2.22 bits per heavy atom. The van der Waals surface area contributed by atoms with Crippen molar-refractivity contribution in [2.75, 3.05) is 25.9 Å². The van der Waals surface area contributed by atoms with Crippen LogP contribution in [0.2, 0.25) is 0 Å². The third-order valence-electron chi connectivity index (χ3n) is 2.78. The predicted octanol–water partition coefficient (Wildman–Crippen LogP) is 0.000500. The van der Waals surface area contributed by atoms with E-state index >= 15 is 0 Å². The Labute approximate surface area is 108 Å². The minimum atomic E-state index is -3.55. The minimum Gasteiger partial charge on any atom is -0.383 e. The fourth-order valence-electron chi connectivity index (χ4n) is 1.37. The molecule has 0 unspecified atom stereocenters. The summed E-state index contributed by atoms with van der Waals surface area (Å²) in [5.41, 5.74) is 5.47. The predicted molar refractivity (Wildman–Crippen MR) is 70.6 cm³/mol. The van der Waals surface area contributed by atoms with Gasteiger partial charge in [0.05, 0.1) is 6.20 Å². The molecule has 1 aromatic heterocycles. The fourth-order valence-corrected chi connectivity index (χ4v) is 2.47. The molecule has 0 atom stereocenters. The maximum atomic E-state index is 11.8. The number of H-pyrrole nitrogens is 1. The molecule has 4 N–H and O–H groups in total. The van der Waals surface area contributed by atoms with Crippen molar-refractivity contribution in [2.45, 2.75) is 31.2 Å². The van der Waals surface area contributed by atoms with Gasteiger partial charge in [-0.2, -0.15) is 5.10 Å². The zero-order chi connectivity index (χ0) is 13.8. The summed E-state index contributed by atoms with van der Waals surface area (Å²) in [6.45, 7) is 5.40. The van der Waals surface area contributed by atoms with Gasteiger partial charge in [0.2, 0.25) is 10.0 Å². The standard InChI is InChI=1S/C10H21N5O2S/c1-8(2)15(3)6-4-5-13-18(16,17)9-7-12-14-10(9)11/h7-8,13H,4-6H2,1-3H3,(H3,11,12,14). The van der Waals surface area contributed by atoms with Crippen LogP contribution >= 0.6 is 0 Å². The van der Waals surface area contributed by atoms with Crippen LogP contribution in [0.3, 0.4) is 0 Å². The van der Waals surface area contributed by atoms with Gasteiger partial charge in [0.25, 0.3) is 0 Å². The number of sulfonamides is 1. The van der Waals surface area contributed by atoms with Crippen molar-refractivity contribution in [3.8, 4) is 0 Å². The second-order valence-electron chi connectivity index (χ2n) is 4.47. The first-order valence-electron chi connectivity index (χ1n) is 5.83. The van der Waals surface area contributed by atoms with Crippen LogP contribution in [0, 0.1) is 0 Å². The maximum Gasteiger partial charge on any atom is 0.245 e. The van der Waals surface area contributed by atoms with Crippen molar-refractivity contribution in [1.29, 1.82) is 0 Å². The van der Waals surface area contributed by atoms with Gasteiger partial charge in [0.1, 0.15) is 10.7 Å². The van der Waals surface area contributed by atoms with Crippen LogP contribution in [-0.2, 0) is 10.0 Å². The number of nitrogens with two attached hydrogens (primary N) is 1. The summed E-state index contributed by atoms with van der Waals surface area (Å²) in [5.74, 6) is 0.0572. The van der Waals surface area contributed by atoms with Gasteiger partial charge in [-0.1, -0.05) is 0 Å². The lowest BCUT2D eigenvalue weighted by molar-refractivity contribution is 0.271. The van der Waals surface area contributed by atoms with Crippen molar-refractivity contribution >= 4 is 15.8 Å². The molecule has 104 valence electrons. The Hall–Kier alpha value is -1.12. The Morgan fingerprint density at radius 3 is 2.72 bits per heavy atom. The molecule has 0 fully saturated rings. The Kier molecular flexibility index (Phi) is 5.12. The maximum absolute atomic E-state index is 11.8. The van der Waals surface area contributed by atoms with E-state index in [2.05, 4.69) is 33.7 Å². The summed E-state index contributed by atoms with van der Waals surface area (Å²) in [5, 5.41) is 5.99. The van der Waals surface area contributed by atoms with E-state index in [1.807, 2.05) is 7.05 Å². The number of hydrogen-bond acceptors (Lipinski definition) is 5. The molecule has 0 aromatic carbocycles. The topological polar surface area (TPSA) is 104 Å². The molecule has 0 aliphatic heterocycles. The Morgan fingerprint density at radius 1 is 1.56 bits per heavy atom. The van der Waals surface area contributed by atoms with E-state index in [9.17, 15) is 8.42 Å². The molecule has 0 amide bonds. The molecule has 0 saturated carbocycles. The number of hydrogen-bond donors (Lipinski definition) is 3. The molecule has 7 nitrogen and oxygen atoms in total. The first-order valence-corrected chi connectivity index (χ1v) is 7.31. The van der Waals surface area contributed by atoms with Gasteiger partial charge >= 0.3 is 0 Å². The van der Waals surface area contributed by atoms with Crippen LogP contribution in [0.15, 0.2) is 11.1 Å². The van der Waals surface area contributed by atoms with E-state index in [1.165, 1.54) is 6.20 Å². The first kappa shape index (κ1) is 14.9. The number of aromatic nitrogens is 2. The summed E-state index contributed by atoms with van der Waals surface area (Å²) >= 11 is 0. The average Bonchev–Trinajstić information content (AvgIpc) is 2.71. The monoisotopic (exact) mass is 275 g/mol. The normalized spacial score (nSPS) is 12.5. The number of nitrogens with one attached hydrogen (secondary N) is 2. The summed E-state index contributed by atoms with van der Waals surface area (Å²) < 4.78 is 26.2. The van der Waals surface area contributed by atoms with Gasteiger partial charge in [-0.25, -0.2) is 13.1 Å². The van der Waals surface area contributed by atoms with Crippen LogP contribution in [0.4, 0.5) is 5.82 Å². The van der Waals surface area contributed by atoms with Gasteiger partial charge in [0.15, 0.2) is 0 Å². The van der Waals surface area contributed by atoms with Gasteiger partial charge in [-0.3, -0.25) is 5.10 Å². The molecule has 0 bridgehead atoms.